The van der Waals surface area contributed by atoms with Crippen molar-refractivity contribution in [3.05, 3.63) is 30.3 Å². The molecule has 106 valence electrons. The monoisotopic (exact) mass is 265 g/mol. The van der Waals surface area contributed by atoms with E-state index in [0.29, 0.717) is 19.4 Å². The van der Waals surface area contributed by atoms with Crippen molar-refractivity contribution in [2.24, 2.45) is 0 Å². The van der Waals surface area contributed by atoms with E-state index in [1.807, 2.05) is 44.2 Å². The lowest BCUT2D eigenvalue weighted by Gasteiger charge is -2.28. The fourth-order valence-electron chi connectivity index (χ4n) is 2.01. The largest absolute Gasteiger partial charge is 0.494 e. The Morgan fingerprint density at radius 1 is 1.37 bits per heavy atom. The second kappa shape index (κ2) is 7.14. The molecule has 2 N–H and O–H groups in total. The van der Waals surface area contributed by atoms with E-state index in [1.165, 1.54) is 0 Å². The summed E-state index contributed by atoms with van der Waals surface area (Å²) in [5.74, 6) is -0.00254. The van der Waals surface area contributed by atoms with Gasteiger partial charge in [0.15, 0.2) is 0 Å². The van der Waals surface area contributed by atoms with E-state index in [1.54, 1.807) is 6.92 Å². The molecule has 0 aliphatic carbocycles. The van der Waals surface area contributed by atoms with Gasteiger partial charge in [-0.3, -0.25) is 10.1 Å². The number of ether oxygens (including phenoxy) is 1. The van der Waals surface area contributed by atoms with E-state index in [2.05, 4.69) is 5.32 Å². The van der Waals surface area contributed by atoms with Gasteiger partial charge >= 0.3 is 5.97 Å². The van der Waals surface area contributed by atoms with Crippen LogP contribution in [0.3, 0.4) is 0 Å². The molecular weight excluding hydrogens is 242 g/mol. The minimum Gasteiger partial charge on any atom is -0.494 e. The van der Waals surface area contributed by atoms with Crippen LogP contribution in [0.4, 0.5) is 0 Å². The highest BCUT2D eigenvalue weighted by Crippen LogP contribution is 2.15. The second-order valence-corrected chi connectivity index (χ2v) is 5.20. The summed E-state index contributed by atoms with van der Waals surface area (Å²) in [7, 11) is 0. The molecule has 0 saturated heterocycles. The summed E-state index contributed by atoms with van der Waals surface area (Å²) < 4.78 is 5.57. The summed E-state index contributed by atoms with van der Waals surface area (Å²) in [5, 5.41) is 12.4. The summed E-state index contributed by atoms with van der Waals surface area (Å²) in [5.41, 5.74) is -0.895. The number of para-hydroxylation sites is 1. The quantitative estimate of drug-likeness (QED) is 0.709. The summed E-state index contributed by atoms with van der Waals surface area (Å²) in [6.07, 6.45) is 1.23. The molecule has 0 fully saturated rings. The highest BCUT2D eigenvalue weighted by Gasteiger charge is 2.32. The fraction of sp³-hybridized carbons (Fsp3) is 0.533. The zero-order chi connectivity index (χ0) is 14.3. The first kappa shape index (κ1) is 15.5. The molecule has 1 aromatic rings. The summed E-state index contributed by atoms with van der Waals surface area (Å²) >= 11 is 0. The standard InChI is InChI=1S/C15H23NO3/c1-12(2)16-15(3,14(17)18)10-7-11-19-13-8-5-4-6-9-13/h4-6,8-9,12,16H,7,10-11H2,1-3H3,(H,17,18). The van der Waals surface area contributed by atoms with Crippen molar-refractivity contribution in [3.8, 4) is 5.75 Å². The van der Waals surface area contributed by atoms with E-state index in [-0.39, 0.29) is 6.04 Å². The Hall–Kier alpha value is -1.55. The summed E-state index contributed by atoms with van der Waals surface area (Å²) in [4.78, 5) is 11.3. The highest BCUT2D eigenvalue weighted by molar-refractivity contribution is 5.78. The molecule has 0 aliphatic rings. The third-order valence-corrected chi connectivity index (χ3v) is 2.91. The van der Waals surface area contributed by atoms with Crippen LogP contribution in [0.5, 0.6) is 5.75 Å². The molecule has 0 saturated carbocycles. The molecule has 4 nitrogen and oxygen atoms in total. The van der Waals surface area contributed by atoms with Gasteiger partial charge in [0, 0.05) is 6.04 Å². The number of hydrogen-bond donors (Lipinski definition) is 2. The number of carbonyl (C=O) groups is 1. The lowest BCUT2D eigenvalue weighted by Crippen LogP contribution is -2.52. The molecule has 0 aliphatic heterocycles. The van der Waals surface area contributed by atoms with Crippen LogP contribution in [0.2, 0.25) is 0 Å². The van der Waals surface area contributed by atoms with E-state index in [9.17, 15) is 9.90 Å². The molecule has 19 heavy (non-hydrogen) atoms. The molecule has 0 aromatic heterocycles. The van der Waals surface area contributed by atoms with E-state index in [4.69, 9.17) is 4.74 Å². The van der Waals surface area contributed by atoms with Crippen molar-refractivity contribution in [2.75, 3.05) is 6.61 Å². The van der Waals surface area contributed by atoms with E-state index < -0.39 is 11.5 Å². The average molecular weight is 265 g/mol. The molecule has 1 atom stereocenters. The van der Waals surface area contributed by atoms with Crippen LogP contribution in [-0.2, 0) is 4.79 Å². The maximum atomic E-state index is 11.3. The SMILES string of the molecule is CC(C)NC(C)(CCCOc1ccccc1)C(=O)O. The number of carboxylic acids is 1. The van der Waals surface area contributed by atoms with Crippen LogP contribution in [0.25, 0.3) is 0 Å². The maximum absolute atomic E-state index is 11.3. The van der Waals surface area contributed by atoms with Gasteiger partial charge in [-0.25, -0.2) is 0 Å². The third-order valence-electron chi connectivity index (χ3n) is 2.91. The second-order valence-electron chi connectivity index (χ2n) is 5.20. The van der Waals surface area contributed by atoms with Crippen LogP contribution >= 0.6 is 0 Å². The van der Waals surface area contributed by atoms with Crippen LogP contribution in [-0.4, -0.2) is 29.3 Å². The number of hydrogen-bond acceptors (Lipinski definition) is 3. The lowest BCUT2D eigenvalue weighted by atomic mass is 9.95. The summed E-state index contributed by atoms with van der Waals surface area (Å²) in [6, 6.07) is 9.68. The zero-order valence-corrected chi connectivity index (χ0v) is 11.8. The van der Waals surface area contributed by atoms with Crippen molar-refractivity contribution in [3.63, 3.8) is 0 Å². The Morgan fingerprint density at radius 3 is 2.53 bits per heavy atom. The van der Waals surface area contributed by atoms with Crippen molar-refractivity contribution in [1.82, 2.24) is 5.32 Å². The Morgan fingerprint density at radius 2 is 2.00 bits per heavy atom. The van der Waals surface area contributed by atoms with Gasteiger partial charge < -0.3 is 9.84 Å². The molecular formula is C15H23NO3. The van der Waals surface area contributed by atoms with Gasteiger partial charge in [-0.15, -0.1) is 0 Å². The van der Waals surface area contributed by atoms with Crippen LogP contribution in [0, 0.1) is 0 Å². The summed E-state index contributed by atoms with van der Waals surface area (Å²) in [6.45, 7) is 6.13. The van der Waals surface area contributed by atoms with Crippen molar-refractivity contribution in [2.45, 2.75) is 45.2 Å². The molecule has 1 rings (SSSR count). The van der Waals surface area contributed by atoms with E-state index >= 15 is 0 Å². The Labute approximate surface area is 114 Å². The van der Waals surface area contributed by atoms with Crippen molar-refractivity contribution >= 4 is 5.97 Å². The average Bonchev–Trinajstić information content (AvgIpc) is 2.35. The first-order valence-electron chi connectivity index (χ1n) is 6.63. The van der Waals surface area contributed by atoms with Gasteiger partial charge in [0.25, 0.3) is 0 Å². The van der Waals surface area contributed by atoms with Gasteiger partial charge in [0.1, 0.15) is 11.3 Å². The maximum Gasteiger partial charge on any atom is 0.323 e. The Balaban J connectivity index is 2.39. The van der Waals surface area contributed by atoms with Crippen LogP contribution in [0.1, 0.15) is 33.6 Å². The molecule has 4 heteroatoms. The minimum atomic E-state index is -0.895. The van der Waals surface area contributed by atoms with Crippen LogP contribution < -0.4 is 10.1 Å². The molecule has 0 amide bonds. The normalized spacial score (nSPS) is 14.1. The van der Waals surface area contributed by atoms with Gasteiger partial charge in [-0.2, -0.15) is 0 Å². The predicted molar refractivity (Wildman–Crippen MR) is 75.5 cm³/mol. The number of benzene rings is 1. The predicted octanol–water partition coefficient (Wildman–Crippen LogP) is 2.69. The molecule has 0 bridgehead atoms. The number of aliphatic carboxylic acids is 1. The lowest BCUT2D eigenvalue weighted by molar-refractivity contribution is -0.144. The van der Waals surface area contributed by atoms with Crippen molar-refractivity contribution < 1.29 is 14.6 Å². The fourth-order valence-corrected chi connectivity index (χ4v) is 2.01. The molecule has 0 heterocycles. The van der Waals surface area contributed by atoms with Crippen molar-refractivity contribution in [1.29, 1.82) is 0 Å². The Bertz CT molecular complexity index is 392. The van der Waals surface area contributed by atoms with E-state index in [0.717, 1.165) is 5.75 Å². The molecule has 1 aromatic carbocycles. The number of carboxylic acid groups (broad SMARTS) is 1. The van der Waals surface area contributed by atoms with Crippen LogP contribution in [0.15, 0.2) is 30.3 Å². The number of nitrogens with one attached hydrogen (secondary N) is 1. The third kappa shape index (κ3) is 5.30. The zero-order valence-electron chi connectivity index (χ0n) is 11.8. The molecule has 1 unspecified atom stereocenters. The van der Waals surface area contributed by atoms with Gasteiger partial charge in [-0.1, -0.05) is 18.2 Å². The smallest absolute Gasteiger partial charge is 0.323 e. The highest BCUT2D eigenvalue weighted by atomic mass is 16.5. The Kier molecular flexibility index (Phi) is 5.83. The van der Waals surface area contributed by atoms with Gasteiger partial charge in [0.05, 0.1) is 6.61 Å². The number of rotatable bonds is 8. The topological polar surface area (TPSA) is 58.6 Å². The first-order valence-corrected chi connectivity index (χ1v) is 6.63. The van der Waals surface area contributed by atoms with Gasteiger partial charge in [-0.05, 0) is 45.7 Å². The minimum absolute atomic E-state index is 0.135. The van der Waals surface area contributed by atoms with Gasteiger partial charge in [0.2, 0.25) is 0 Å². The first-order chi connectivity index (χ1) is 8.94. The molecule has 0 spiro atoms. The molecule has 0 radical (unpaired) electrons.